The fourth-order valence-corrected chi connectivity index (χ4v) is 2.27. The van der Waals surface area contributed by atoms with Gasteiger partial charge in [0.05, 0.1) is 20.1 Å². The Hall–Kier alpha value is -2.12. The van der Waals surface area contributed by atoms with Crippen LogP contribution in [0.5, 0.6) is 0 Å². The lowest BCUT2D eigenvalue weighted by Crippen LogP contribution is -2.58. The summed E-state index contributed by atoms with van der Waals surface area (Å²) in [5.74, 6) is -2.16. The summed E-state index contributed by atoms with van der Waals surface area (Å²) >= 11 is 0. The number of piperazine rings is 1. The smallest absolute Gasteiger partial charge is 0.315 e. The maximum atomic E-state index is 12.1. The van der Waals surface area contributed by atoms with Crippen LogP contribution in [0.1, 0.15) is 39.0 Å². The molecular formula is C15H24N2O6. The zero-order valence-electron chi connectivity index (χ0n) is 13.6. The van der Waals surface area contributed by atoms with E-state index in [-0.39, 0.29) is 19.5 Å². The number of ether oxygens (including phenoxy) is 2. The van der Waals surface area contributed by atoms with Crippen LogP contribution < -0.4 is 5.32 Å². The molecule has 1 atom stereocenters. The molecule has 1 heterocycles. The second-order valence-electron chi connectivity index (χ2n) is 5.28. The molecule has 0 saturated carbocycles. The number of carbonyl (C=O) groups excluding carboxylic acids is 4. The topological polar surface area (TPSA) is 102 Å². The quantitative estimate of drug-likeness (QED) is 0.382. The van der Waals surface area contributed by atoms with Crippen molar-refractivity contribution in [3.63, 3.8) is 0 Å². The molecule has 0 bridgehead atoms. The van der Waals surface area contributed by atoms with Gasteiger partial charge in [0.25, 0.3) is 0 Å². The monoisotopic (exact) mass is 328 g/mol. The van der Waals surface area contributed by atoms with Crippen LogP contribution >= 0.6 is 0 Å². The minimum absolute atomic E-state index is 0.217. The first-order valence-corrected chi connectivity index (χ1v) is 7.79. The third kappa shape index (κ3) is 6.25. The van der Waals surface area contributed by atoms with Crippen molar-refractivity contribution in [2.45, 2.75) is 45.1 Å². The Morgan fingerprint density at radius 3 is 2.65 bits per heavy atom. The average Bonchev–Trinajstić information content (AvgIpc) is 2.53. The Bertz CT molecular complexity index is 451. The van der Waals surface area contributed by atoms with Gasteiger partial charge in [-0.25, -0.2) is 0 Å². The van der Waals surface area contributed by atoms with Gasteiger partial charge in [0.15, 0.2) is 0 Å². The van der Waals surface area contributed by atoms with Crippen molar-refractivity contribution in [1.29, 1.82) is 0 Å². The lowest BCUT2D eigenvalue weighted by molar-refractivity contribution is -0.154. The number of rotatable bonds is 8. The van der Waals surface area contributed by atoms with Gasteiger partial charge < -0.3 is 19.7 Å². The average molecular weight is 328 g/mol. The molecule has 23 heavy (non-hydrogen) atoms. The maximum Gasteiger partial charge on any atom is 0.315 e. The molecule has 0 spiro atoms. The highest BCUT2D eigenvalue weighted by Crippen LogP contribution is 2.12. The molecule has 8 nitrogen and oxygen atoms in total. The summed E-state index contributed by atoms with van der Waals surface area (Å²) in [6, 6.07) is -0.945. The first kappa shape index (κ1) is 18.9. The first-order valence-electron chi connectivity index (χ1n) is 7.79. The number of nitrogens with zero attached hydrogens (tertiary/aromatic N) is 1. The number of hydrogen-bond acceptors (Lipinski definition) is 6. The van der Waals surface area contributed by atoms with E-state index in [9.17, 15) is 19.2 Å². The van der Waals surface area contributed by atoms with Gasteiger partial charge in [-0.3, -0.25) is 19.2 Å². The van der Waals surface area contributed by atoms with Crippen LogP contribution in [0.3, 0.4) is 0 Å². The van der Waals surface area contributed by atoms with Crippen LogP contribution in [0.4, 0.5) is 0 Å². The summed E-state index contributed by atoms with van der Waals surface area (Å²) < 4.78 is 9.53. The Morgan fingerprint density at radius 2 is 2.00 bits per heavy atom. The normalized spacial score (nSPS) is 17.4. The number of unbranched alkanes of at least 4 members (excludes halogenated alkanes) is 2. The zero-order chi connectivity index (χ0) is 17.2. The van der Waals surface area contributed by atoms with Crippen molar-refractivity contribution in [2.75, 3.05) is 26.8 Å². The SMILES string of the molecule is CCCCCOC(=O)CC1C(=O)NCCN1C(=O)CC(=O)OC. The van der Waals surface area contributed by atoms with E-state index in [2.05, 4.69) is 10.1 Å². The van der Waals surface area contributed by atoms with Crippen LogP contribution in [0.15, 0.2) is 0 Å². The maximum absolute atomic E-state index is 12.1. The van der Waals surface area contributed by atoms with Gasteiger partial charge in [0.1, 0.15) is 12.5 Å². The molecule has 0 aromatic heterocycles. The van der Waals surface area contributed by atoms with E-state index < -0.39 is 36.2 Å². The molecule has 1 fully saturated rings. The summed E-state index contributed by atoms with van der Waals surface area (Å²) in [5, 5.41) is 2.61. The molecule has 2 amide bonds. The van der Waals surface area contributed by atoms with E-state index in [1.165, 1.54) is 12.0 Å². The molecule has 0 aliphatic carbocycles. The van der Waals surface area contributed by atoms with E-state index in [0.717, 1.165) is 19.3 Å². The Labute approximate surface area is 135 Å². The van der Waals surface area contributed by atoms with E-state index in [4.69, 9.17) is 4.74 Å². The predicted molar refractivity (Wildman–Crippen MR) is 80.2 cm³/mol. The van der Waals surface area contributed by atoms with Crippen molar-refractivity contribution >= 4 is 23.8 Å². The predicted octanol–water partition coefficient (Wildman–Crippen LogP) is 0.00000000000000111. The van der Waals surface area contributed by atoms with Gasteiger partial charge in [-0.2, -0.15) is 0 Å². The largest absolute Gasteiger partial charge is 0.469 e. The minimum Gasteiger partial charge on any atom is -0.469 e. The van der Waals surface area contributed by atoms with E-state index in [0.29, 0.717) is 6.61 Å². The van der Waals surface area contributed by atoms with Crippen molar-refractivity contribution < 1.29 is 28.7 Å². The van der Waals surface area contributed by atoms with Crippen molar-refractivity contribution in [3.05, 3.63) is 0 Å². The Balaban J connectivity index is 2.59. The molecule has 1 saturated heterocycles. The lowest BCUT2D eigenvalue weighted by atomic mass is 10.1. The fourth-order valence-electron chi connectivity index (χ4n) is 2.27. The molecule has 0 aromatic rings. The van der Waals surface area contributed by atoms with E-state index in [1.54, 1.807) is 0 Å². The number of amides is 2. The van der Waals surface area contributed by atoms with Gasteiger partial charge in [-0.15, -0.1) is 0 Å². The van der Waals surface area contributed by atoms with E-state index in [1.807, 2.05) is 6.92 Å². The highest BCUT2D eigenvalue weighted by molar-refractivity contribution is 5.98. The van der Waals surface area contributed by atoms with Gasteiger partial charge in [0.2, 0.25) is 11.8 Å². The minimum atomic E-state index is -0.945. The van der Waals surface area contributed by atoms with Gasteiger partial charge in [0, 0.05) is 13.1 Å². The third-order valence-electron chi connectivity index (χ3n) is 3.55. The van der Waals surface area contributed by atoms with Crippen molar-refractivity contribution in [1.82, 2.24) is 10.2 Å². The summed E-state index contributed by atoms with van der Waals surface area (Å²) in [6.45, 7) is 2.87. The summed E-state index contributed by atoms with van der Waals surface area (Å²) in [6.07, 6.45) is 2.07. The van der Waals surface area contributed by atoms with Gasteiger partial charge in [-0.1, -0.05) is 19.8 Å². The zero-order valence-corrected chi connectivity index (χ0v) is 13.6. The van der Waals surface area contributed by atoms with Crippen LogP contribution in [0.25, 0.3) is 0 Å². The number of carbonyl (C=O) groups is 4. The molecule has 1 rings (SSSR count). The second kappa shape index (κ2) is 9.81. The van der Waals surface area contributed by atoms with E-state index >= 15 is 0 Å². The molecule has 0 radical (unpaired) electrons. The summed E-state index contributed by atoms with van der Waals surface area (Å²) in [5.41, 5.74) is 0. The highest BCUT2D eigenvalue weighted by Gasteiger charge is 2.35. The highest BCUT2D eigenvalue weighted by atomic mass is 16.5. The summed E-state index contributed by atoms with van der Waals surface area (Å²) in [7, 11) is 1.18. The third-order valence-corrected chi connectivity index (χ3v) is 3.55. The first-order chi connectivity index (χ1) is 11.0. The Kier molecular flexibility index (Phi) is 8.07. The number of methoxy groups -OCH3 is 1. The van der Waals surface area contributed by atoms with Gasteiger partial charge in [-0.05, 0) is 6.42 Å². The molecule has 1 aliphatic heterocycles. The number of hydrogen-bond donors (Lipinski definition) is 1. The Morgan fingerprint density at radius 1 is 1.26 bits per heavy atom. The second-order valence-corrected chi connectivity index (χ2v) is 5.28. The van der Waals surface area contributed by atoms with Crippen molar-refractivity contribution in [2.24, 2.45) is 0 Å². The molecule has 1 N–H and O–H groups in total. The molecule has 130 valence electrons. The van der Waals surface area contributed by atoms with Crippen LogP contribution in [-0.2, 0) is 28.7 Å². The van der Waals surface area contributed by atoms with Crippen LogP contribution in [-0.4, -0.2) is 61.5 Å². The number of esters is 2. The standard InChI is InChI=1S/C15H24N2O6/c1-3-4-5-8-23-14(20)9-11-15(21)16-6-7-17(11)12(18)10-13(19)22-2/h11H,3-10H2,1-2H3,(H,16,21). The molecule has 1 unspecified atom stereocenters. The lowest BCUT2D eigenvalue weighted by Gasteiger charge is -2.34. The fraction of sp³-hybridized carbons (Fsp3) is 0.733. The molecular weight excluding hydrogens is 304 g/mol. The van der Waals surface area contributed by atoms with Gasteiger partial charge >= 0.3 is 11.9 Å². The number of nitrogens with one attached hydrogen (secondary N) is 1. The molecule has 1 aliphatic rings. The van der Waals surface area contributed by atoms with Crippen LogP contribution in [0, 0.1) is 0 Å². The molecule has 0 aromatic carbocycles. The summed E-state index contributed by atoms with van der Waals surface area (Å²) in [4.78, 5) is 48.3. The van der Waals surface area contributed by atoms with Crippen LogP contribution in [0.2, 0.25) is 0 Å². The molecule has 8 heteroatoms. The van der Waals surface area contributed by atoms with Crippen molar-refractivity contribution in [3.8, 4) is 0 Å².